The van der Waals surface area contributed by atoms with Crippen LogP contribution in [0.2, 0.25) is 0 Å². The molecule has 1 aliphatic rings. The Balaban J connectivity index is 2.29. The van der Waals surface area contributed by atoms with Crippen molar-refractivity contribution in [2.24, 2.45) is 0 Å². The fourth-order valence-corrected chi connectivity index (χ4v) is 1.98. The molecule has 4 heteroatoms. The Labute approximate surface area is 101 Å². The van der Waals surface area contributed by atoms with Crippen molar-refractivity contribution in [3.05, 3.63) is 23.3 Å². The summed E-state index contributed by atoms with van der Waals surface area (Å²) in [5.74, 6) is 1.62. The number of benzene rings is 1. The quantitative estimate of drug-likeness (QED) is 0.845. The third-order valence-corrected chi connectivity index (χ3v) is 2.76. The average Bonchev–Trinajstić information content (AvgIpc) is 2.38. The number of aliphatic hydroxyl groups excluding tert-OH is 1. The number of ether oxygens (including phenoxy) is 3. The molecule has 0 atom stereocenters. The van der Waals surface area contributed by atoms with Gasteiger partial charge in [0.05, 0.1) is 6.61 Å². The van der Waals surface area contributed by atoms with Crippen molar-refractivity contribution >= 4 is 0 Å². The minimum Gasteiger partial charge on any atom is -0.486 e. The van der Waals surface area contributed by atoms with E-state index in [0.29, 0.717) is 19.8 Å². The molecule has 1 N–H and O–H groups in total. The summed E-state index contributed by atoms with van der Waals surface area (Å²) in [6.07, 6.45) is 1.54. The molecule has 1 aliphatic heterocycles. The van der Waals surface area contributed by atoms with Crippen LogP contribution < -0.4 is 9.47 Å². The van der Waals surface area contributed by atoms with E-state index in [1.54, 1.807) is 7.11 Å². The van der Waals surface area contributed by atoms with Crippen molar-refractivity contribution in [1.82, 2.24) is 0 Å². The van der Waals surface area contributed by atoms with Crippen LogP contribution in [0.15, 0.2) is 12.1 Å². The molecule has 4 nitrogen and oxygen atoms in total. The Kier molecular flexibility index (Phi) is 4.23. The maximum Gasteiger partial charge on any atom is 0.167 e. The number of hydrogen-bond donors (Lipinski definition) is 1. The number of rotatable bonds is 5. The van der Waals surface area contributed by atoms with E-state index in [1.807, 2.05) is 12.1 Å². The lowest BCUT2D eigenvalue weighted by Crippen LogP contribution is -2.18. The van der Waals surface area contributed by atoms with Crippen molar-refractivity contribution in [2.45, 2.75) is 19.4 Å². The molecule has 1 aromatic rings. The molecule has 0 saturated carbocycles. The van der Waals surface area contributed by atoms with Crippen LogP contribution in [0.4, 0.5) is 0 Å². The van der Waals surface area contributed by atoms with Gasteiger partial charge in [0, 0.05) is 19.3 Å². The molecule has 0 saturated heterocycles. The zero-order valence-electron chi connectivity index (χ0n) is 10.1. The molecule has 1 aromatic carbocycles. The van der Waals surface area contributed by atoms with Crippen LogP contribution in [0.5, 0.6) is 11.5 Å². The fourth-order valence-electron chi connectivity index (χ4n) is 1.98. The van der Waals surface area contributed by atoms with Crippen molar-refractivity contribution in [2.75, 3.05) is 26.9 Å². The maximum atomic E-state index is 8.88. The predicted octanol–water partition coefficient (Wildman–Crippen LogP) is 1.53. The largest absolute Gasteiger partial charge is 0.486 e. The first-order chi connectivity index (χ1) is 8.36. The summed E-state index contributed by atoms with van der Waals surface area (Å²) in [5, 5.41) is 8.88. The van der Waals surface area contributed by atoms with Gasteiger partial charge in [0.25, 0.3) is 0 Å². The van der Waals surface area contributed by atoms with Crippen molar-refractivity contribution in [1.29, 1.82) is 0 Å². The van der Waals surface area contributed by atoms with E-state index < -0.39 is 0 Å². The minimum atomic E-state index is 0.190. The van der Waals surface area contributed by atoms with Gasteiger partial charge in [-0.25, -0.2) is 0 Å². The van der Waals surface area contributed by atoms with Crippen LogP contribution in [-0.2, 0) is 17.8 Å². The molecule has 0 spiro atoms. The summed E-state index contributed by atoms with van der Waals surface area (Å²) in [5.41, 5.74) is 2.10. The molecular formula is C13H18O4. The highest BCUT2D eigenvalue weighted by Crippen LogP contribution is 2.38. The van der Waals surface area contributed by atoms with Crippen LogP contribution in [0.3, 0.4) is 0 Å². The SMILES string of the molecule is COCc1ccc(CCCO)c2c1OCCO2. The third-order valence-electron chi connectivity index (χ3n) is 2.76. The van der Waals surface area contributed by atoms with E-state index in [0.717, 1.165) is 35.5 Å². The molecule has 0 amide bonds. The zero-order chi connectivity index (χ0) is 12.1. The molecular weight excluding hydrogens is 220 g/mol. The van der Waals surface area contributed by atoms with Gasteiger partial charge in [-0.05, 0) is 18.4 Å². The van der Waals surface area contributed by atoms with Crippen molar-refractivity contribution in [3.63, 3.8) is 0 Å². The first kappa shape index (κ1) is 12.2. The highest BCUT2D eigenvalue weighted by molar-refractivity contribution is 5.52. The molecule has 0 aromatic heterocycles. The maximum absolute atomic E-state index is 8.88. The topological polar surface area (TPSA) is 47.9 Å². The third kappa shape index (κ3) is 2.70. The van der Waals surface area contributed by atoms with Gasteiger partial charge in [-0.1, -0.05) is 12.1 Å². The van der Waals surface area contributed by atoms with Crippen LogP contribution in [-0.4, -0.2) is 32.0 Å². The van der Waals surface area contributed by atoms with E-state index in [9.17, 15) is 0 Å². The Bertz CT molecular complexity index is 376. The molecule has 2 rings (SSSR count). The zero-order valence-corrected chi connectivity index (χ0v) is 10.1. The fraction of sp³-hybridized carbons (Fsp3) is 0.538. The van der Waals surface area contributed by atoms with E-state index in [-0.39, 0.29) is 6.61 Å². The lowest BCUT2D eigenvalue weighted by atomic mass is 10.0. The molecule has 17 heavy (non-hydrogen) atoms. The van der Waals surface area contributed by atoms with E-state index in [1.165, 1.54) is 0 Å². The molecule has 0 aliphatic carbocycles. The Hall–Kier alpha value is -1.26. The predicted molar refractivity (Wildman–Crippen MR) is 63.6 cm³/mol. The van der Waals surface area contributed by atoms with E-state index >= 15 is 0 Å². The number of methoxy groups -OCH3 is 1. The summed E-state index contributed by atoms with van der Waals surface area (Å²) in [4.78, 5) is 0. The van der Waals surface area contributed by atoms with Crippen LogP contribution in [0.25, 0.3) is 0 Å². The second-order valence-electron chi connectivity index (χ2n) is 4.00. The first-order valence-electron chi connectivity index (χ1n) is 5.87. The number of aryl methyl sites for hydroxylation is 1. The second-order valence-corrected chi connectivity index (χ2v) is 4.00. The number of fused-ring (bicyclic) bond motifs is 1. The number of hydrogen-bond acceptors (Lipinski definition) is 4. The monoisotopic (exact) mass is 238 g/mol. The van der Waals surface area contributed by atoms with Gasteiger partial charge >= 0.3 is 0 Å². The smallest absolute Gasteiger partial charge is 0.167 e. The molecule has 0 unspecified atom stereocenters. The normalized spacial score (nSPS) is 13.8. The summed E-state index contributed by atoms with van der Waals surface area (Å²) < 4.78 is 16.5. The van der Waals surface area contributed by atoms with E-state index in [2.05, 4.69) is 0 Å². The minimum absolute atomic E-state index is 0.190. The second kappa shape index (κ2) is 5.89. The van der Waals surface area contributed by atoms with Crippen molar-refractivity contribution < 1.29 is 19.3 Å². The summed E-state index contributed by atoms with van der Waals surface area (Å²) >= 11 is 0. The standard InChI is InChI=1S/C13H18O4/c1-15-9-11-5-4-10(3-2-6-14)12-13(11)17-8-7-16-12/h4-5,14H,2-3,6-9H2,1H3. The molecule has 0 bridgehead atoms. The summed E-state index contributed by atoms with van der Waals surface area (Å²) in [6.45, 7) is 1.87. The van der Waals surface area contributed by atoms with Crippen molar-refractivity contribution in [3.8, 4) is 11.5 Å². The lowest BCUT2D eigenvalue weighted by molar-refractivity contribution is 0.152. The van der Waals surface area contributed by atoms with Crippen LogP contribution in [0, 0.1) is 0 Å². The summed E-state index contributed by atoms with van der Waals surface area (Å²) in [6, 6.07) is 4.03. The Morgan fingerprint density at radius 2 is 1.82 bits per heavy atom. The summed E-state index contributed by atoms with van der Waals surface area (Å²) in [7, 11) is 1.66. The van der Waals surface area contributed by atoms with Gasteiger partial charge in [-0.3, -0.25) is 0 Å². The molecule has 94 valence electrons. The van der Waals surface area contributed by atoms with Gasteiger partial charge in [-0.2, -0.15) is 0 Å². The van der Waals surface area contributed by atoms with Gasteiger partial charge in [-0.15, -0.1) is 0 Å². The molecule has 0 fully saturated rings. The van der Waals surface area contributed by atoms with Gasteiger partial charge in [0.2, 0.25) is 0 Å². The average molecular weight is 238 g/mol. The van der Waals surface area contributed by atoms with Gasteiger partial charge in [0.1, 0.15) is 13.2 Å². The number of aliphatic hydroxyl groups is 1. The molecule has 1 heterocycles. The van der Waals surface area contributed by atoms with Crippen LogP contribution >= 0.6 is 0 Å². The van der Waals surface area contributed by atoms with Gasteiger partial charge in [0.15, 0.2) is 11.5 Å². The first-order valence-corrected chi connectivity index (χ1v) is 5.87. The van der Waals surface area contributed by atoms with E-state index in [4.69, 9.17) is 19.3 Å². The van der Waals surface area contributed by atoms with Gasteiger partial charge < -0.3 is 19.3 Å². The lowest BCUT2D eigenvalue weighted by Gasteiger charge is -2.23. The highest BCUT2D eigenvalue weighted by Gasteiger charge is 2.19. The molecule has 0 radical (unpaired) electrons. The Morgan fingerprint density at radius 3 is 2.47 bits per heavy atom. The van der Waals surface area contributed by atoms with Crippen LogP contribution in [0.1, 0.15) is 17.5 Å². The highest BCUT2D eigenvalue weighted by atomic mass is 16.6. The Morgan fingerprint density at radius 1 is 1.18 bits per heavy atom.